The molecule has 4 aromatic rings. The van der Waals surface area contributed by atoms with Crippen molar-refractivity contribution in [3.63, 3.8) is 0 Å². The van der Waals surface area contributed by atoms with Crippen LogP contribution in [-0.4, -0.2) is 59.4 Å². The molecule has 1 saturated heterocycles. The number of methoxy groups -OCH3 is 1. The molecule has 5 nitrogen and oxygen atoms in total. The molecular weight excluding hydrogens is 518 g/mol. The van der Waals surface area contributed by atoms with Crippen LogP contribution in [0.15, 0.2) is 78.9 Å². The zero-order chi connectivity index (χ0) is 29.0. The Balaban J connectivity index is 1.21. The van der Waals surface area contributed by atoms with Crippen LogP contribution in [0.25, 0.3) is 11.3 Å². The van der Waals surface area contributed by atoms with Crippen LogP contribution in [0.1, 0.15) is 50.1 Å². The van der Waals surface area contributed by atoms with Gasteiger partial charge in [0.1, 0.15) is 17.4 Å². The Hall–Kier alpha value is -3.55. The summed E-state index contributed by atoms with van der Waals surface area (Å²) in [5, 5.41) is 5.00. The number of benzene rings is 3. The molecule has 0 N–H and O–H groups in total. The third-order valence-electron chi connectivity index (χ3n) is 7.83. The van der Waals surface area contributed by atoms with Gasteiger partial charge in [0.25, 0.3) is 0 Å². The average molecular weight is 559 g/mol. The minimum atomic E-state index is -0.250. The van der Waals surface area contributed by atoms with Gasteiger partial charge in [0.15, 0.2) is 0 Å². The summed E-state index contributed by atoms with van der Waals surface area (Å²) in [7, 11) is 1.68. The predicted octanol–water partition coefficient (Wildman–Crippen LogP) is 6.93. The summed E-state index contributed by atoms with van der Waals surface area (Å²) in [5.41, 5.74) is 5.28. The highest BCUT2D eigenvalue weighted by Gasteiger charge is 2.27. The van der Waals surface area contributed by atoms with Crippen molar-refractivity contribution in [3.8, 4) is 17.0 Å². The lowest BCUT2D eigenvalue weighted by Gasteiger charge is -2.39. The molecule has 0 saturated carbocycles. The van der Waals surface area contributed by atoms with Gasteiger partial charge in [-0.15, -0.1) is 0 Å². The van der Waals surface area contributed by atoms with E-state index in [0.29, 0.717) is 0 Å². The van der Waals surface area contributed by atoms with E-state index in [4.69, 9.17) is 9.84 Å². The smallest absolute Gasteiger partial charge is 0.123 e. The van der Waals surface area contributed by atoms with Gasteiger partial charge in [-0.3, -0.25) is 9.58 Å². The van der Waals surface area contributed by atoms with E-state index in [1.165, 1.54) is 24.3 Å². The van der Waals surface area contributed by atoms with Crippen LogP contribution in [0.2, 0.25) is 0 Å². The number of hydrogen-bond donors (Lipinski definition) is 0. The number of halogens is 2. The fourth-order valence-corrected chi connectivity index (χ4v) is 5.66. The summed E-state index contributed by atoms with van der Waals surface area (Å²) in [6.07, 6.45) is 1.95. The van der Waals surface area contributed by atoms with Crippen LogP contribution in [0.5, 0.6) is 5.75 Å². The molecule has 0 atom stereocenters. The maximum atomic E-state index is 13.7. The monoisotopic (exact) mass is 558 g/mol. The Kier molecular flexibility index (Phi) is 8.85. The predicted molar refractivity (Wildman–Crippen MR) is 160 cm³/mol. The molecule has 0 spiro atoms. The Morgan fingerprint density at radius 3 is 1.88 bits per heavy atom. The molecule has 0 unspecified atom stereocenters. The molecule has 0 radical (unpaired) electrons. The van der Waals surface area contributed by atoms with Gasteiger partial charge in [0, 0.05) is 31.7 Å². The fourth-order valence-electron chi connectivity index (χ4n) is 5.66. The van der Waals surface area contributed by atoms with Crippen molar-refractivity contribution < 1.29 is 13.5 Å². The summed E-state index contributed by atoms with van der Waals surface area (Å²) in [6, 6.07) is 23.7. The second-order valence-corrected chi connectivity index (χ2v) is 11.8. The molecule has 1 aliphatic rings. The largest absolute Gasteiger partial charge is 0.497 e. The molecule has 0 bridgehead atoms. The molecule has 1 fully saturated rings. The molecule has 41 heavy (non-hydrogen) atoms. The van der Waals surface area contributed by atoms with Crippen LogP contribution >= 0.6 is 0 Å². The molecule has 3 aromatic carbocycles. The Bertz CT molecular complexity index is 1360. The van der Waals surface area contributed by atoms with E-state index in [0.717, 1.165) is 79.4 Å². The van der Waals surface area contributed by atoms with Gasteiger partial charge < -0.3 is 9.64 Å². The van der Waals surface area contributed by atoms with E-state index in [1.54, 1.807) is 7.11 Å². The Morgan fingerprint density at radius 2 is 1.37 bits per heavy atom. The van der Waals surface area contributed by atoms with Gasteiger partial charge in [0.2, 0.25) is 0 Å². The first-order valence-corrected chi connectivity index (χ1v) is 14.4. The normalized spacial score (nSPS) is 15.0. The van der Waals surface area contributed by atoms with E-state index in [1.807, 2.05) is 36.4 Å². The van der Waals surface area contributed by atoms with E-state index in [2.05, 4.69) is 53.5 Å². The zero-order valence-corrected chi connectivity index (χ0v) is 24.5. The number of rotatable bonds is 9. The molecule has 0 amide bonds. The number of hydrogen-bond acceptors (Lipinski definition) is 4. The number of aromatic nitrogens is 2. The lowest BCUT2D eigenvalue weighted by Crippen LogP contribution is -2.48. The molecule has 0 aliphatic carbocycles. The second-order valence-electron chi connectivity index (χ2n) is 11.8. The Morgan fingerprint density at radius 1 is 0.805 bits per heavy atom. The van der Waals surface area contributed by atoms with Crippen molar-refractivity contribution in [2.45, 2.75) is 45.2 Å². The first kappa shape index (κ1) is 29.0. The molecule has 216 valence electrons. The minimum absolute atomic E-state index is 0.0314. The van der Waals surface area contributed by atoms with Gasteiger partial charge in [-0.25, -0.2) is 8.78 Å². The summed E-state index contributed by atoms with van der Waals surface area (Å²) in [6.45, 7) is 11.2. The second kappa shape index (κ2) is 12.5. The van der Waals surface area contributed by atoms with Crippen LogP contribution in [0.3, 0.4) is 0 Å². The van der Waals surface area contributed by atoms with Gasteiger partial charge in [-0.1, -0.05) is 24.3 Å². The molecule has 5 rings (SSSR count). The fraction of sp³-hybridized carbons (Fsp3) is 0.382. The van der Waals surface area contributed by atoms with Crippen molar-refractivity contribution in [1.82, 2.24) is 19.6 Å². The first-order chi connectivity index (χ1) is 19.7. The third-order valence-corrected chi connectivity index (χ3v) is 7.83. The first-order valence-electron chi connectivity index (χ1n) is 14.4. The van der Waals surface area contributed by atoms with Crippen LogP contribution in [0, 0.1) is 11.6 Å². The van der Waals surface area contributed by atoms with Crippen molar-refractivity contribution in [2.75, 3.05) is 39.8 Å². The maximum absolute atomic E-state index is 13.7. The van der Waals surface area contributed by atoms with E-state index < -0.39 is 0 Å². The molecule has 2 heterocycles. The van der Waals surface area contributed by atoms with Crippen molar-refractivity contribution >= 4 is 0 Å². The third kappa shape index (κ3) is 7.03. The molecular formula is C34H40F2N4O. The SMILES string of the molecule is COc1ccc(-c2cc(CCCN3CCN(C(c4ccc(F)cc4)c4ccc(F)cc4)CC3)nn2C(C)(C)C)cc1. The van der Waals surface area contributed by atoms with Gasteiger partial charge in [-0.2, -0.15) is 5.10 Å². The lowest BCUT2D eigenvalue weighted by molar-refractivity contribution is 0.108. The van der Waals surface area contributed by atoms with Crippen molar-refractivity contribution in [3.05, 3.63) is 107 Å². The number of nitrogens with zero attached hydrogens (tertiary/aromatic N) is 4. The average Bonchev–Trinajstić information content (AvgIpc) is 3.41. The summed E-state index contributed by atoms with van der Waals surface area (Å²) >= 11 is 0. The van der Waals surface area contributed by atoms with E-state index in [-0.39, 0.29) is 23.2 Å². The minimum Gasteiger partial charge on any atom is -0.497 e. The highest BCUT2D eigenvalue weighted by atomic mass is 19.1. The van der Waals surface area contributed by atoms with Gasteiger partial charge >= 0.3 is 0 Å². The molecule has 1 aliphatic heterocycles. The van der Waals surface area contributed by atoms with Gasteiger partial charge in [0.05, 0.1) is 30.1 Å². The highest BCUT2D eigenvalue weighted by molar-refractivity contribution is 5.61. The highest BCUT2D eigenvalue weighted by Crippen LogP contribution is 2.31. The standard InChI is InChI=1S/C34H40F2N4O/c1-34(2,3)40-32(25-11-17-31(41-4)18-12-25)24-30(37-40)6-5-19-38-20-22-39(23-21-38)33(26-7-13-28(35)14-8-26)27-9-15-29(36)16-10-27/h7-18,24,33H,5-6,19-23H2,1-4H3. The lowest BCUT2D eigenvalue weighted by atomic mass is 9.96. The quantitative estimate of drug-likeness (QED) is 0.223. The molecule has 7 heteroatoms. The van der Waals surface area contributed by atoms with E-state index >= 15 is 0 Å². The maximum Gasteiger partial charge on any atom is 0.123 e. The number of aryl methyl sites for hydroxylation is 1. The summed E-state index contributed by atoms with van der Waals surface area (Å²) in [5.74, 6) is 0.345. The Labute approximate surface area is 242 Å². The van der Waals surface area contributed by atoms with Crippen LogP contribution in [0.4, 0.5) is 8.78 Å². The van der Waals surface area contributed by atoms with E-state index in [9.17, 15) is 8.78 Å². The van der Waals surface area contributed by atoms with Gasteiger partial charge in [-0.05, 0) is 106 Å². The van der Waals surface area contributed by atoms with Crippen LogP contribution < -0.4 is 4.74 Å². The number of ether oxygens (including phenoxy) is 1. The molecule has 1 aromatic heterocycles. The zero-order valence-electron chi connectivity index (χ0n) is 24.5. The summed E-state index contributed by atoms with van der Waals surface area (Å²) in [4.78, 5) is 4.93. The summed E-state index contributed by atoms with van der Waals surface area (Å²) < 4.78 is 34.8. The van der Waals surface area contributed by atoms with Crippen molar-refractivity contribution in [1.29, 1.82) is 0 Å². The number of piperazine rings is 1. The topological polar surface area (TPSA) is 33.5 Å². The van der Waals surface area contributed by atoms with Crippen molar-refractivity contribution in [2.24, 2.45) is 0 Å². The van der Waals surface area contributed by atoms with Crippen LogP contribution in [-0.2, 0) is 12.0 Å².